The summed E-state index contributed by atoms with van der Waals surface area (Å²) in [6, 6.07) is 6.18. The molecule has 0 fully saturated rings. The van der Waals surface area contributed by atoms with Crippen molar-refractivity contribution in [3.63, 3.8) is 0 Å². The van der Waals surface area contributed by atoms with Crippen LogP contribution in [0.25, 0.3) is 4.96 Å². The number of imidazole rings is 1. The molecule has 4 rings (SSSR count). The van der Waals surface area contributed by atoms with E-state index in [1.807, 2.05) is 6.07 Å². The molecule has 0 unspecified atom stereocenters. The zero-order valence-electron chi connectivity index (χ0n) is 10.4. The van der Waals surface area contributed by atoms with Gasteiger partial charge in [-0.2, -0.15) is 0 Å². The number of aromatic nitrogens is 2. The lowest BCUT2D eigenvalue weighted by molar-refractivity contribution is 0.820. The molecule has 5 heteroatoms. The fourth-order valence-corrected chi connectivity index (χ4v) is 3.42. The maximum Gasteiger partial charge on any atom is 0.193 e. The lowest BCUT2D eigenvalue weighted by Gasteiger charge is -2.17. The summed E-state index contributed by atoms with van der Waals surface area (Å²) in [4.78, 5) is 8.08. The number of anilines is 2. The lowest BCUT2D eigenvalue weighted by Crippen LogP contribution is -2.19. The Kier molecular flexibility index (Phi) is 2.29. The Labute approximate surface area is 115 Å². The van der Waals surface area contributed by atoms with E-state index in [1.165, 1.54) is 11.3 Å². The highest BCUT2D eigenvalue weighted by Gasteiger charge is 2.20. The highest BCUT2D eigenvalue weighted by molar-refractivity contribution is 7.15. The lowest BCUT2D eigenvalue weighted by atomic mass is 10.1. The van der Waals surface area contributed by atoms with Crippen molar-refractivity contribution in [2.75, 3.05) is 17.2 Å². The van der Waals surface area contributed by atoms with Gasteiger partial charge in [0.1, 0.15) is 0 Å². The van der Waals surface area contributed by atoms with E-state index in [9.17, 15) is 0 Å². The highest BCUT2D eigenvalue weighted by Crippen LogP contribution is 2.30. The number of fused-ring (bicyclic) bond motifs is 2. The molecule has 0 bridgehead atoms. The monoisotopic (exact) mass is 270 g/mol. The predicted octanol–water partition coefficient (Wildman–Crippen LogP) is 2.54. The summed E-state index contributed by atoms with van der Waals surface area (Å²) in [7, 11) is 0. The SMILES string of the molecule is Nc1ccc2c(c1)CCN2Cc1cn2ccsc2n1. The van der Waals surface area contributed by atoms with Crippen LogP contribution in [0.5, 0.6) is 0 Å². The third-order valence-electron chi connectivity index (χ3n) is 3.59. The summed E-state index contributed by atoms with van der Waals surface area (Å²) >= 11 is 1.67. The number of benzene rings is 1. The fourth-order valence-electron chi connectivity index (χ4n) is 2.70. The molecule has 1 aliphatic heterocycles. The van der Waals surface area contributed by atoms with E-state index in [-0.39, 0.29) is 0 Å². The first kappa shape index (κ1) is 10.9. The van der Waals surface area contributed by atoms with E-state index in [0.717, 1.165) is 35.9 Å². The van der Waals surface area contributed by atoms with Gasteiger partial charge in [0, 0.05) is 35.7 Å². The highest BCUT2D eigenvalue weighted by atomic mass is 32.1. The van der Waals surface area contributed by atoms with Gasteiger partial charge in [-0.1, -0.05) is 0 Å². The number of nitrogens with zero attached hydrogens (tertiary/aromatic N) is 3. The van der Waals surface area contributed by atoms with Crippen LogP contribution in [0.15, 0.2) is 36.0 Å². The van der Waals surface area contributed by atoms with Crippen LogP contribution in [0.4, 0.5) is 11.4 Å². The molecule has 0 saturated heterocycles. The molecular weight excluding hydrogens is 256 g/mol. The van der Waals surface area contributed by atoms with E-state index in [1.54, 1.807) is 11.3 Å². The Balaban J connectivity index is 1.63. The second-order valence-electron chi connectivity index (χ2n) is 4.88. The summed E-state index contributed by atoms with van der Waals surface area (Å²) < 4.78 is 2.08. The van der Waals surface area contributed by atoms with Crippen molar-refractivity contribution in [2.45, 2.75) is 13.0 Å². The fraction of sp³-hybridized carbons (Fsp3) is 0.214. The Morgan fingerprint density at radius 1 is 1.37 bits per heavy atom. The van der Waals surface area contributed by atoms with Gasteiger partial charge in [0.2, 0.25) is 0 Å². The molecule has 0 spiro atoms. The van der Waals surface area contributed by atoms with E-state index in [2.05, 4.69) is 44.2 Å². The van der Waals surface area contributed by atoms with Crippen LogP contribution < -0.4 is 10.6 Å². The van der Waals surface area contributed by atoms with Crippen LogP contribution in [0, 0.1) is 0 Å². The molecule has 0 saturated carbocycles. The van der Waals surface area contributed by atoms with Gasteiger partial charge < -0.3 is 10.6 Å². The summed E-state index contributed by atoms with van der Waals surface area (Å²) in [5.74, 6) is 0. The van der Waals surface area contributed by atoms with Gasteiger partial charge in [-0.3, -0.25) is 4.40 Å². The zero-order valence-corrected chi connectivity index (χ0v) is 11.2. The number of thiazole rings is 1. The van der Waals surface area contributed by atoms with Gasteiger partial charge >= 0.3 is 0 Å². The molecule has 0 amide bonds. The third kappa shape index (κ3) is 1.77. The van der Waals surface area contributed by atoms with Crippen molar-refractivity contribution < 1.29 is 0 Å². The number of nitrogens with two attached hydrogens (primary N) is 1. The average molecular weight is 270 g/mol. The van der Waals surface area contributed by atoms with Crippen LogP contribution in [0.1, 0.15) is 11.3 Å². The summed E-state index contributed by atoms with van der Waals surface area (Å²) in [5, 5.41) is 2.06. The Bertz CT molecular complexity index is 714. The molecule has 4 nitrogen and oxygen atoms in total. The molecule has 0 radical (unpaired) electrons. The van der Waals surface area contributed by atoms with Gasteiger partial charge in [0.15, 0.2) is 4.96 Å². The largest absolute Gasteiger partial charge is 0.399 e. The Morgan fingerprint density at radius 2 is 2.32 bits per heavy atom. The van der Waals surface area contributed by atoms with Gasteiger partial charge in [-0.15, -0.1) is 11.3 Å². The topological polar surface area (TPSA) is 46.6 Å². The summed E-state index contributed by atoms with van der Waals surface area (Å²) in [5.41, 5.74) is 10.4. The molecule has 3 aromatic rings. The average Bonchev–Trinajstić information content (AvgIpc) is 3.04. The zero-order chi connectivity index (χ0) is 12.8. The van der Waals surface area contributed by atoms with Crippen LogP contribution in [-0.4, -0.2) is 15.9 Å². The maximum absolute atomic E-state index is 5.83. The normalized spacial score (nSPS) is 14.2. The smallest absolute Gasteiger partial charge is 0.193 e. The Hall–Kier alpha value is -2.01. The van der Waals surface area contributed by atoms with Crippen molar-refractivity contribution >= 4 is 27.7 Å². The number of hydrogen-bond acceptors (Lipinski definition) is 4. The Morgan fingerprint density at radius 3 is 3.21 bits per heavy atom. The van der Waals surface area contributed by atoms with Crippen LogP contribution in [0.2, 0.25) is 0 Å². The number of rotatable bonds is 2. The van der Waals surface area contributed by atoms with Crippen molar-refractivity contribution in [3.8, 4) is 0 Å². The minimum absolute atomic E-state index is 0.850. The number of hydrogen-bond donors (Lipinski definition) is 1. The molecule has 19 heavy (non-hydrogen) atoms. The third-order valence-corrected chi connectivity index (χ3v) is 4.36. The van der Waals surface area contributed by atoms with E-state index in [0.29, 0.717) is 0 Å². The molecular formula is C14H14N4S. The first-order valence-electron chi connectivity index (χ1n) is 6.34. The molecule has 1 aromatic carbocycles. The van der Waals surface area contributed by atoms with Crippen molar-refractivity contribution in [3.05, 3.63) is 47.2 Å². The van der Waals surface area contributed by atoms with Crippen LogP contribution in [-0.2, 0) is 13.0 Å². The van der Waals surface area contributed by atoms with Gasteiger partial charge in [0.25, 0.3) is 0 Å². The first-order valence-corrected chi connectivity index (χ1v) is 7.22. The van der Waals surface area contributed by atoms with Crippen molar-refractivity contribution in [1.82, 2.24) is 9.38 Å². The molecule has 0 aliphatic carbocycles. The van der Waals surface area contributed by atoms with E-state index >= 15 is 0 Å². The second-order valence-corrected chi connectivity index (χ2v) is 5.76. The van der Waals surface area contributed by atoms with Gasteiger partial charge in [0.05, 0.1) is 12.2 Å². The predicted molar refractivity (Wildman–Crippen MR) is 78.7 cm³/mol. The summed E-state index contributed by atoms with van der Waals surface area (Å²) in [6.45, 7) is 1.91. The van der Waals surface area contributed by atoms with Crippen LogP contribution >= 0.6 is 11.3 Å². The minimum Gasteiger partial charge on any atom is -0.399 e. The van der Waals surface area contributed by atoms with Crippen molar-refractivity contribution in [2.24, 2.45) is 0 Å². The van der Waals surface area contributed by atoms with Crippen molar-refractivity contribution in [1.29, 1.82) is 0 Å². The molecule has 2 aromatic heterocycles. The van der Waals surface area contributed by atoms with E-state index < -0.39 is 0 Å². The standard InChI is InChI=1S/C14H14N4S/c15-11-1-2-13-10(7-11)3-4-17(13)8-12-9-18-5-6-19-14(18)16-12/h1-2,5-7,9H,3-4,8,15H2. The van der Waals surface area contributed by atoms with Gasteiger partial charge in [-0.05, 0) is 30.2 Å². The molecule has 96 valence electrons. The van der Waals surface area contributed by atoms with Gasteiger partial charge in [-0.25, -0.2) is 4.98 Å². The second kappa shape index (κ2) is 3.99. The minimum atomic E-state index is 0.850. The molecule has 0 atom stereocenters. The quantitative estimate of drug-likeness (QED) is 0.728. The molecule has 2 N–H and O–H groups in total. The summed E-state index contributed by atoms with van der Waals surface area (Å²) in [6.07, 6.45) is 5.23. The number of nitrogen functional groups attached to an aromatic ring is 1. The first-order chi connectivity index (χ1) is 9.29. The molecule has 3 heterocycles. The van der Waals surface area contributed by atoms with Crippen LogP contribution in [0.3, 0.4) is 0 Å². The van der Waals surface area contributed by atoms with E-state index in [4.69, 9.17) is 5.73 Å². The maximum atomic E-state index is 5.83. The molecule has 1 aliphatic rings.